The quantitative estimate of drug-likeness (QED) is 0.757. The van der Waals surface area contributed by atoms with Crippen molar-refractivity contribution in [3.05, 3.63) is 35.7 Å². The van der Waals surface area contributed by atoms with Crippen LogP contribution in [-0.4, -0.2) is 54.1 Å². The minimum Gasteiger partial charge on any atom is -0.497 e. The molecule has 0 spiro atoms. The Morgan fingerprint density at radius 3 is 2.52 bits per heavy atom. The van der Waals surface area contributed by atoms with E-state index in [1.165, 1.54) is 5.56 Å². The summed E-state index contributed by atoms with van der Waals surface area (Å²) in [6.45, 7) is 9.75. The number of aromatic nitrogens is 2. The Bertz CT molecular complexity index is 650. The molecule has 1 aliphatic heterocycles. The van der Waals surface area contributed by atoms with Crippen molar-refractivity contribution in [1.82, 2.24) is 14.3 Å². The Labute approximate surface area is 154 Å². The zero-order valence-corrected chi connectivity index (χ0v) is 16.3. The van der Waals surface area contributed by atoms with E-state index in [2.05, 4.69) is 40.2 Å². The molecule has 1 aromatic heterocycles. The van der Waals surface area contributed by atoms with Gasteiger partial charge in [-0.25, -0.2) is 4.98 Å². The molecule has 0 radical (unpaired) electrons. The van der Waals surface area contributed by atoms with Crippen molar-refractivity contribution in [2.75, 3.05) is 44.7 Å². The molecule has 1 aliphatic rings. The molecule has 3 rings (SSSR count). The van der Waals surface area contributed by atoms with Crippen LogP contribution in [0, 0.1) is 0 Å². The summed E-state index contributed by atoms with van der Waals surface area (Å²) in [4.78, 5) is 9.66. The zero-order chi connectivity index (χ0) is 17.6. The minimum atomic E-state index is 0.454. The van der Waals surface area contributed by atoms with Gasteiger partial charge in [0.1, 0.15) is 11.6 Å². The van der Waals surface area contributed by atoms with Crippen LogP contribution in [0.1, 0.15) is 37.6 Å². The number of piperazine rings is 1. The lowest BCUT2D eigenvalue weighted by Crippen LogP contribution is -2.47. The van der Waals surface area contributed by atoms with Crippen molar-refractivity contribution >= 4 is 16.7 Å². The van der Waals surface area contributed by atoms with Crippen LogP contribution < -0.4 is 9.64 Å². The van der Waals surface area contributed by atoms with E-state index in [1.54, 1.807) is 18.6 Å². The summed E-state index contributed by atoms with van der Waals surface area (Å²) in [5.74, 6) is 2.38. The van der Waals surface area contributed by atoms with Crippen molar-refractivity contribution in [3.8, 4) is 5.75 Å². The SMILES string of the molecule is CCC(C)c1nsc(N2CCN(CCc3ccc(OC)cc3)CC2)n1. The van der Waals surface area contributed by atoms with Crippen LogP contribution in [0.2, 0.25) is 0 Å². The maximum Gasteiger partial charge on any atom is 0.205 e. The van der Waals surface area contributed by atoms with Crippen molar-refractivity contribution in [3.63, 3.8) is 0 Å². The lowest BCUT2D eigenvalue weighted by atomic mass is 10.1. The molecular formula is C19H28N4OS. The van der Waals surface area contributed by atoms with Gasteiger partial charge in [0.2, 0.25) is 5.13 Å². The molecule has 0 amide bonds. The van der Waals surface area contributed by atoms with Crippen LogP contribution in [0.5, 0.6) is 5.75 Å². The van der Waals surface area contributed by atoms with E-state index in [0.717, 1.165) is 62.3 Å². The van der Waals surface area contributed by atoms with Crippen LogP contribution in [-0.2, 0) is 6.42 Å². The largest absolute Gasteiger partial charge is 0.497 e. The fourth-order valence-corrected chi connectivity index (χ4v) is 3.81. The molecule has 5 nitrogen and oxygen atoms in total. The van der Waals surface area contributed by atoms with Gasteiger partial charge >= 0.3 is 0 Å². The molecule has 25 heavy (non-hydrogen) atoms. The molecule has 2 heterocycles. The van der Waals surface area contributed by atoms with Crippen LogP contribution in [0.25, 0.3) is 0 Å². The molecule has 2 aromatic rings. The number of hydrogen-bond donors (Lipinski definition) is 0. The molecule has 0 bridgehead atoms. The Balaban J connectivity index is 1.46. The summed E-state index contributed by atoms with van der Waals surface area (Å²) in [6.07, 6.45) is 2.18. The average Bonchev–Trinajstić information content (AvgIpc) is 3.17. The van der Waals surface area contributed by atoms with E-state index < -0.39 is 0 Å². The van der Waals surface area contributed by atoms with Crippen LogP contribution in [0.4, 0.5) is 5.13 Å². The minimum absolute atomic E-state index is 0.454. The monoisotopic (exact) mass is 360 g/mol. The van der Waals surface area contributed by atoms with Gasteiger partial charge in [-0.05, 0) is 30.5 Å². The molecule has 136 valence electrons. The summed E-state index contributed by atoms with van der Waals surface area (Å²) < 4.78 is 9.75. The van der Waals surface area contributed by atoms with E-state index in [4.69, 9.17) is 9.72 Å². The van der Waals surface area contributed by atoms with E-state index in [-0.39, 0.29) is 0 Å². The third-order valence-corrected chi connectivity index (χ3v) is 5.79. The van der Waals surface area contributed by atoms with E-state index in [9.17, 15) is 0 Å². The number of ether oxygens (including phenoxy) is 1. The Hall–Kier alpha value is -1.66. The summed E-state index contributed by atoms with van der Waals surface area (Å²) in [7, 11) is 1.71. The van der Waals surface area contributed by atoms with Crippen LogP contribution >= 0.6 is 11.5 Å². The first kappa shape index (κ1) is 18.1. The third kappa shape index (κ3) is 4.70. The maximum atomic E-state index is 5.22. The number of nitrogens with zero attached hydrogens (tertiary/aromatic N) is 4. The summed E-state index contributed by atoms with van der Waals surface area (Å²) in [5, 5.41) is 1.09. The van der Waals surface area contributed by atoms with Crippen molar-refractivity contribution in [1.29, 1.82) is 0 Å². The lowest BCUT2D eigenvalue weighted by molar-refractivity contribution is 0.261. The van der Waals surface area contributed by atoms with Crippen molar-refractivity contribution in [2.24, 2.45) is 0 Å². The Morgan fingerprint density at radius 2 is 1.88 bits per heavy atom. The summed E-state index contributed by atoms with van der Waals surface area (Å²) in [6, 6.07) is 8.40. The second-order valence-corrected chi connectivity index (χ2v) is 7.40. The highest BCUT2D eigenvalue weighted by Crippen LogP contribution is 2.24. The molecular weight excluding hydrogens is 332 g/mol. The smallest absolute Gasteiger partial charge is 0.205 e. The lowest BCUT2D eigenvalue weighted by Gasteiger charge is -2.34. The highest BCUT2D eigenvalue weighted by atomic mass is 32.1. The first-order chi connectivity index (χ1) is 12.2. The first-order valence-electron chi connectivity index (χ1n) is 9.13. The van der Waals surface area contributed by atoms with Crippen LogP contribution in [0.3, 0.4) is 0 Å². The Kier molecular flexibility index (Phi) is 6.26. The topological polar surface area (TPSA) is 41.5 Å². The molecule has 0 aliphatic carbocycles. The molecule has 1 unspecified atom stereocenters. The van der Waals surface area contributed by atoms with Gasteiger partial charge in [0.15, 0.2) is 0 Å². The normalized spacial score (nSPS) is 16.8. The van der Waals surface area contributed by atoms with Gasteiger partial charge in [-0.15, -0.1) is 0 Å². The maximum absolute atomic E-state index is 5.22. The molecule has 1 saturated heterocycles. The third-order valence-electron chi connectivity index (χ3n) is 5.00. The second-order valence-electron chi connectivity index (χ2n) is 6.67. The number of anilines is 1. The van der Waals surface area contributed by atoms with E-state index in [1.807, 2.05) is 12.1 Å². The Morgan fingerprint density at radius 1 is 1.16 bits per heavy atom. The number of hydrogen-bond acceptors (Lipinski definition) is 6. The summed E-state index contributed by atoms with van der Waals surface area (Å²) in [5.41, 5.74) is 1.37. The fraction of sp³-hybridized carbons (Fsp3) is 0.579. The van der Waals surface area contributed by atoms with Crippen LogP contribution in [0.15, 0.2) is 24.3 Å². The van der Waals surface area contributed by atoms with E-state index in [0.29, 0.717) is 5.92 Å². The van der Waals surface area contributed by atoms with Gasteiger partial charge in [-0.2, -0.15) is 4.37 Å². The molecule has 1 fully saturated rings. The van der Waals surface area contributed by atoms with Gasteiger partial charge in [0, 0.05) is 50.2 Å². The molecule has 1 aromatic carbocycles. The van der Waals surface area contributed by atoms with Gasteiger partial charge < -0.3 is 9.64 Å². The average molecular weight is 361 g/mol. The number of methoxy groups -OCH3 is 1. The first-order valence-corrected chi connectivity index (χ1v) is 9.90. The van der Waals surface area contributed by atoms with Gasteiger partial charge in [0.05, 0.1) is 7.11 Å². The predicted octanol–water partition coefficient (Wildman–Crippen LogP) is 3.42. The number of benzene rings is 1. The molecule has 1 atom stereocenters. The zero-order valence-electron chi connectivity index (χ0n) is 15.4. The van der Waals surface area contributed by atoms with E-state index >= 15 is 0 Å². The molecule has 6 heteroatoms. The highest BCUT2D eigenvalue weighted by Gasteiger charge is 2.20. The van der Waals surface area contributed by atoms with Crippen molar-refractivity contribution in [2.45, 2.75) is 32.6 Å². The fourth-order valence-electron chi connectivity index (χ4n) is 2.98. The highest BCUT2D eigenvalue weighted by molar-refractivity contribution is 7.09. The summed E-state index contributed by atoms with van der Waals surface area (Å²) >= 11 is 1.55. The molecule has 0 N–H and O–H groups in total. The predicted molar refractivity (Wildman–Crippen MR) is 104 cm³/mol. The van der Waals surface area contributed by atoms with Gasteiger partial charge in [-0.1, -0.05) is 26.0 Å². The second kappa shape index (κ2) is 8.63. The van der Waals surface area contributed by atoms with Crippen molar-refractivity contribution < 1.29 is 4.74 Å². The number of rotatable bonds is 7. The van der Waals surface area contributed by atoms with Gasteiger partial charge in [-0.3, -0.25) is 4.90 Å². The molecule has 0 saturated carbocycles. The standard InChI is InChI=1S/C19H28N4OS/c1-4-15(2)18-20-19(25-21-18)23-13-11-22(12-14-23)10-9-16-5-7-17(24-3)8-6-16/h5-8,15H,4,9-14H2,1-3H3. The van der Waals surface area contributed by atoms with Gasteiger partial charge in [0.25, 0.3) is 0 Å².